The quantitative estimate of drug-likeness (QED) is 0.608. The predicted molar refractivity (Wildman–Crippen MR) is 105 cm³/mol. The first kappa shape index (κ1) is 19.8. The molecule has 2 amide bonds. The molecule has 0 radical (unpaired) electrons. The number of amides is 2. The van der Waals surface area contributed by atoms with Crippen LogP contribution < -0.4 is 10.2 Å². The Hall–Kier alpha value is -2.97. The third-order valence-electron chi connectivity index (χ3n) is 4.43. The van der Waals surface area contributed by atoms with E-state index < -0.39 is 10.8 Å². The number of ether oxygens (including phenoxy) is 1. The number of nitro groups is 1. The number of carbonyl (C=O) groups excluding carboxylic acids is 2. The van der Waals surface area contributed by atoms with E-state index in [1.54, 1.807) is 23.1 Å². The van der Waals surface area contributed by atoms with Crippen LogP contribution in [0.2, 0.25) is 5.02 Å². The molecule has 146 valence electrons. The lowest BCUT2D eigenvalue weighted by molar-refractivity contribution is -0.384. The molecule has 28 heavy (non-hydrogen) atoms. The fourth-order valence-corrected chi connectivity index (χ4v) is 3.34. The van der Waals surface area contributed by atoms with Gasteiger partial charge in [-0.3, -0.25) is 19.7 Å². The molecule has 0 saturated heterocycles. The van der Waals surface area contributed by atoms with E-state index in [0.717, 1.165) is 30.2 Å². The van der Waals surface area contributed by atoms with Crippen molar-refractivity contribution < 1.29 is 19.2 Å². The summed E-state index contributed by atoms with van der Waals surface area (Å²) in [4.78, 5) is 36.7. The van der Waals surface area contributed by atoms with Gasteiger partial charge >= 0.3 is 0 Å². The zero-order valence-electron chi connectivity index (χ0n) is 15.1. The van der Waals surface area contributed by atoms with Crippen LogP contribution in [0.5, 0.6) is 0 Å². The van der Waals surface area contributed by atoms with E-state index in [1.165, 1.54) is 19.2 Å². The molecule has 1 aliphatic rings. The SMILES string of the molecule is COCC(=O)N1CCCc2cc(NC(=O)c3cc([N+](=O)[O-])ccc3Cl)ccc21. The number of aryl methyl sites for hydroxylation is 1. The second-order valence-electron chi connectivity index (χ2n) is 6.30. The molecule has 2 aromatic carbocycles. The van der Waals surface area contributed by atoms with E-state index in [1.807, 2.05) is 0 Å². The number of nitro benzene ring substituents is 1. The van der Waals surface area contributed by atoms with Crippen molar-refractivity contribution in [2.45, 2.75) is 12.8 Å². The van der Waals surface area contributed by atoms with Crippen molar-refractivity contribution >= 4 is 40.5 Å². The monoisotopic (exact) mass is 403 g/mol. The van der Waals surface area contributed by atoms with Crippen LogP contribution in [0, 0.1) is 10.1 Å². The van der Waals surface area contributed by atoms with Crippen molar-refractivity contribution in [2.75, 3.05) is 30.5 Å². The number of fused-ring (bicyclic) bond motifs is 1. The number of carbonyl (C=O) groups is 2. The lowest BCUT2D eigenvalue weighted by Crippen LogP contribution is -2.37. The molecule has 1 N–H and O–H groups in total. The van der Waals surface area contributed by atoms with Gasteiger partial charge in [-0.25, -0.2) is 0 Å². The molecule has 0 aliphatic carbocycles. The number of anilines is 2. The van der Waals surface area contributed by atoms with Crippen LogP contribution in [-0.2, 0) is 16.0 Å². The minimum Gasteiger partial charge on any atom is -0.375 e. The Morgan fingerprint density at radius 2 is 2.07 bits per heavy atom. The van der Waals surface area contributed by atoms with Gasteiger partial charge in [0.2, 0.25) is 0 Å². The molecule has 1 aliphatic heterocycles. The van der Waals surface area contributed by atoms with E-state index in [9.17, 15) is 19.7 Å². The molecule has 0 saturated carbocycles. The van der Waals surface area contributed by atoms with Gasteiger partial charge in [0.15, 0.2) is 0 Å². The highest BCUT2D eigenvalue weighted by atomic mass is 35.5. The minimum absolute atomic E-state index is 0.00319. The molecule has 2 aromatic rings. The van der Waals surface area contributed by atoms with Crippen LogP contribution in [0.25, 0.3) is 0 Å². The molecular formula is C19H18ClN3O5. The Kier molecular flexibility index (Phi) is 5.91. The second-order valence-corrected chi connectivity index (χ2v) is 6.71. The molecule has 9 heteroatoms. The van der Waals surface area contributed by atoms with Gasteiger partial charge in [0.25, 0.3) is 17.5 Å². The average Bonchev–Trinajstić information content (AvgIpc) is 2.67. The Bertz CT molecular complexity index is 947. The molecule has 0 aromatic heterocycles. The third kappa shape index (κ3) is 4.13. The Morgan fingerprint density at radius 1 is 1.29 bits per heavy atom. The highest BCUT2D eigenvalue weighted by Crippen LogP contribution is 2.30. The van der Waals surface area contributed by atoms with E-state index >= 15 is 0 Å². The largest absolute Gasteiger partial charge is 0.375 e. The second kappa shape index (κ2) is 8.37. The van der Waals surface area contributed by atoms with Gasteiger partial charge in [0.1, 0.15) is 6.61 Å². The maximum absolute atomic E-state index is 12.5. The summed E-state index contributed by atoms with van der Waals surface area (Å²) in [6, 6.07) is 8.95. The number of methoxy groups -OCH3 is 1. The first-order chi connectivity index (χ1) is 13.4. The third-order valence-corrected chi connectivity index (χ3v) is 4.76. The van der Waals surface area contributed by atoms with Crippen molar-refractivity contribution in [1.82, 2.24) is 0 Å². The van der Waals surface area contributed by atoms with Gasteiger partial charge in [0.05, 0.1) is 15.5 Å². The number of hydrogen-bond acceptors (Lipinski definition) is 5. The van der Waals surface area contributed by atoms with Crippen molar-refractivity contribution in [3.05, 3.63) is 62.7 Å². The number of halogens is 1. The smallest absolute Gasteiger partial charge is 0.270 e. The fraction of sp³-hybridized carbons (Fsp3) is 0.263. The van der Waals surface area contributed by atoms with Crippen molar-refractivity contribution in [1.29, 1.82) is 0 Å². The standard InChI is InChI=1S/C19H18ClN3O5/c1-28-11-18(24)22-8-2-3-12-9-13(4-7-17(12)22)21-19(25)15-10-14(23(26)27)5-6-16(15)20/h4-7,9-10H,2-3,8,11H2,1H3,(H,21,25). The summed E-state index contributed by atoms with van der Waals surface area (Å²) >= 11 is 6.02. The van der Waals surface area contributed by atoms with Crippen molar-refractivity contribution in [3.8, 4) is 0 Å². The van der Waals surface area contributed by atoms with E-state index in [4.69, 9.17) is 16.3 Å². The number of rotatable bonds is 5. The van der Waals surface area contributed by atoms with E-state index in [0.29, 0.717) is 12.2 Å². The highest BCUT2D eigenvalue weighted by Gasteiger charge is 2.23. The number of nitrogens with one attached hydrogen (secondary N) is 1. The molecule has 0 atom stereocenters. The summed E-state index contributed by atoms with van der Waals surface area (Å²) in [6.45, 7) is 0.618. The molecule has 0 unspecified atom stereocenters. The van der Waals surface area contributed by atoms with E-state index in [-0.39, 0.29) is 28.8 Å². The zero-order chi connectivity index (χ0) is 20.3. The van der Waals surface area contributed by atoms with Gasteiger partial charge in [-0.05, 0) is 42.7 Å². The molecule has 8 nitrogen and oxygen atoms in total. The number of benzene rings is 2. The maximum Gasteiger partial charge on any atom is 0.270 e. The van der Waals surface area contributed by atoms with Crippen LogP contribution in [0.1, 0.15) is 22.3 Å². The zero-order valence-corrected chi connectivity index (χ0v) is 15.9. The van der Waals surface area contributed by atoms with Gasteiger partial charge < -0.3 is 15.0 Å². The molecule has 0 fully saturated rings. The topological polar surface area (TPSA) is 102 Å². The molecule has 0 bridgehead atoms. The highest BCUT2D eigenvalue weighted by molar-refractivity contribution is 6.34. The van der Waals surface area contributed by atoms with Crippen molar-refractivity contribution in [2.24, 2.45) is 0 Å². The Balaban J connectivity index is 1.83. The van der Waals surface area contributed by atoms with Gasteiger partial charge in [-0.1, -0.05) is 11.6 Å². The summed E-state index contributed by atoms with van der Waals surface area (Å²) in [5.74, 6) is -0.666. The van der Waals surface area contributed by atoms with Crippen LogP contribution in [0.3, 0.4) is 0 Å². The fourth-order valence-electron chi connectivity index (χ4n) is 3.13. The van der Waals surface area contributed by atoms with Crippen molar-refractivity contribution in [3.63, 3.8) is 0 Å². The molecule has 1 heterocycles. The summed E-state index contributed by atoms with van der Waals surface area (Å²) in [7, 11) is 1.47. The number of hydrogen-bond donors (Lipinski definition) is 1. The lowest BCUT2D eigenvalue weighted by atomic mass is 10.0. The first-order valence-corrected chi connectivity index (χ1v) is 8.96. The van der Waals surface area contributed by atoms with Crippen LogP contribution in [0.15, 0.2) is 36.4 Å². The Labute approximate surface area is 166 Å². The van der Waals surface area contributed by atoms with Crippen LogP contribution >= 0.6 is 11.6 Å². The van der Waals surface area contributed by atoms with Gasteiger partial charge in [-0.2, -0.15) is 0 Å². The first-order valence-electron chi connectivity index (χ1n) is 8.58. The van der Waals surface area contributed by atoms with Crippen LogP contribution in [-0.4, -0.2) is 37.0 Å². The maximum atomic E-state index is 12.5. The average molecular weight is 404 g/mol. The normalized spacial score (nSPS) is 13.0. The summed E-state index contributed by atoms with van der Waals surface area (Å²) < 4.78 is 4.93. The molecule has 0 spiro atoms. The molecule has 3 rings (SSSR count). The lowest BCUT2D eigenvalue weighted by Gasteiger charge is -2.29. The summed E-state index contributed by atoms with van der Waals surface area (Å²) in [6.07, 6.45) is 1.57. The summed E-state index contributed by atoms with van der Waals surface area (Å²) in [5, 5.41) is 13.8. The summed E-state index contributed by atoms with van der Waals surface area (Å²) in [5.41, 5.74) is 2.04. The minimum atomic E-state index is -0.586. The Morgan fingerprint density at radius 3 is 2.79 bits per heavy atom. The number of non-ortho nitro benzene ring substituents is 1. The van der Waals surface area contributed by atoms with E-state index in [2.05, 4.69) is 5.32 Å². The molecular weight excluding hydrogens is 386 g/mol. The van der Waals surface area contributed by atoms with Crippen LogP contribution in [0.4, 0.5) is 17.1 Å². The van der Waals surface area contributed by atoms with Gasteiger partial charge in [0, 0.05) is 37.2 Å². The van der Waals surface area contributed by atoms with Gasteiger partial charge in [-0.15, -0.1) is 0 Å². The number of nitrogens with zero attached hydrogens (tertiary/aromatic N) is 2. The predicted octanol–water partition coefficient (Wildman–Crippen LogP) is 3.43.